The number of carbonyl (C=O) groups excluding carboxylic acids is 1. The average molecular weight is 328 g/mol. The summed E-state index contributed by atoms with van der Waals surface area (Å²) in [4.78, 5) is 23.3. The quantitative estimate of drug-likeness (QED) is 0.885. The Hall–Kier alpha value is -1.40. The van der Waals surface area contributed by atoms with E-state index in [1.54, 1.807) is 31.2 Å². The number of hydrogen-bond donors (Lipinski definition) is 2. The standard InChI is InChI=1S/C13H14BrNO4/c1-13(12(17)18)7-19-6-10(13)15-11(16)8-2-4-9(14)5-3-8/h2-5,10H,6-7H2,1H3,(H,15,16)(H,17,18). The molecule has 2 unspecified atom stereocenters. The van der Waals surface area contributed by atoms with Gasteiger partial charge in [0, 0.05) is 10.0 Å². The first-order valence-corrected chi connectivity index (χ1v) is 6.60. The Labute approximate surface area is 119 Å². The van der Waals surface area contributed by atoms with Gasteiger partial charge in [0.15, 0.2) is 0 Å². The lowest BCUT2D eigenvalue weighted by Crippen LogP contribution is -2.49. The molecule has 19 heavy (non-hydrogen) atoms. The molecule has 0 aromatic heterocycles. The van der Waals surface area contributed by atoms with Crippen molar-refractivity contribution in [3.05, 3.63) is 34.3 Å². The Morgan fingerprint density at radius 1 is 1.42 bits per heavy atom. The summed E-state index contributed by atoms with van der Waals surface area (Å²) in [5.74, 6) is -1.26. The lowest BCUT2D eigenvalue weighted by atomic mass is 9.85. The summed E-state index contributed by atoms with van der Waals surface area (Å²) in [5, 5.41) is 12.0. The number of carboxylic acids is 1. The zero-order valence-corrected chi connectivity index (χ0v) is 11.9. The minimum Gasteiger partial charge on any atom is -0.481 e. The number of nitrogens with one attached hydrogen (secondary N) is 1. The monoisotopic (exact) mass is 327 g/mol. The molecule has 0 bridgehead atoms. The van der Waals surface area contributed by atoms with Crippen molar-refractivity contribution in [3.8, 4) is 0 Å². The Morgan fingerprint density at radius 3 is 2.63 bits per heavy atom. The van der Waals surface area contributed by atoms with Gasteiger partial charge in [-0.05, 0) is 31.2 Å². The summed E-state index contributed by atoms with van der Waals surface area (Å²) in [6.07, 6.45) is 0. The number of hydrogen-bond acceptors (Lipinski definition) is 3. The number of rotatable bonds is 3. The van der Waals surface area contributed by atoms with Gasteiger partial charge in [0.2, 0.25) is 0 Å². The molecule has 0 radical (unpaired) electrons. The first kappa shape index (κ1) is 14.0. The third kappa shape index (κ3) is 2.79. The lowest BCUT2D eigenvalue weighted by molar-refractivity contribution is -0.148. The molecule has 2 rings (SSSR count). The molecule has 1 heterocycles. The normalized spacial score (nSPS) is 26.1. The molecular weight excluding hydrogens is 314 g/mol. The zero-order chi connectivity index (χ0) is 14.0. The number of carbonyl (C=O) groups is 2. The number of aliphatic carboxylic acids is 1. The molecular formula is C13H14BrNO4. The van der Waals surface area contributed by atoms with Gasteiger partial charge in [-0.25, -0.2) is 0 Å². The van der Waals surface area contributed by atoms with Crippen LogP contribution in [-0.2, 0) is 9.53 Å². The lowest BCUT2D eigenvalue weighted by Gasteiger charge is -2.25. The van der Waals surface area contributed by atoms with Gasteiger partial charge in [0.25, 0.3) is 5.91 Å². The van der Waals surface area contributed by atoms with Crippen LogP contribution in [0.5, 0.6) is 0 Å². The second-order valence-corrected chi connectivity index (χ2v) is 5.69. The second kappa shape index (κ2) is 5.30. The van der Waals surface area contributed by atoms with E-state index in [0.29, 0.717) is 5.56 Å². The van der Waals surface area contributed by atoms with Gasteiger partial charge in [-0.15, -0.1) is 0 Å². The summed E-state index contributed by atoms with van der Waals surface area (Å²) < 4.78 is 6.07. The molecule has 1 aliphatic heterocycles. The van der Waals surface area contributed by atoms with Gasteiger partial charge in [-0.3, -0.25) is 9.59 Å². The Balaban J connectivity index is 2.10. The maximum absolute atomic E-state index is 12.0. The molecule has 102 valence electrons. The first-order valence-electron chi connectivity index (χ1n) is 5.81. The van der Waals surface area contributed by atoms with Crippen LogP contribution in [-0.4, -0.2) is 36.2 Å². The van der Waals surface area contributed by atoms with E-state index in [-0.39, 0.29) is 19.1 Å². The molecule has 1 aromatic rings. The van der Waals surface area contributed by atoms with Crippen molar-refractivity contribution < 1.29 is 19.4 Å². The first-order chi connectivity index (χ1) is 8.93. The van der Waals surface area contributed by atoms with Gasteiger partial charge < -0.3 is 15.2 Å². The van der Waals surface area contributed by atoms with Crippen LogP contribution < -0.4 is 5.32 Å². The van der Waals surface area contributed by atoms with Gasteiger partial charge in [-0.2, -0.15) is 0 Å². The molecule has 0 spiro atoms. The molecule has 0 aliphatic carbocycles. The van der Waals surface area contributed by atoms with E-state index in [9.17, 15) is 14.7 Å². The third-order valence-electron chi connectivity index (χ3n) is 3.36. The molecule has 1 amide bonds. The van der Waals surface area contributed by atoms with E-state index in [2.05, 4.69) is 21.2 Å². The third-order valence-corrected chi connectivity index (χ3v) is 3.88. The van der Waals surface area contributed by atoms with Crippen LogP contribution in [0.2, 0.25) is 0 Å². The van der Waals surface area contributed by atoms with Crippen molar-refractivity contribution in [1.82, 2.24) is 5.32 Å². The number of amides is 1. The largest absolute Gasteiger partial charge is 0.481 e. The van der Waals surface area contributed by atoms with Crippen LogP contribution in [0.3, 0.4) is 0 Å². The van der Waals surface area contributed by atoms with Gasteiger partial charge in [0.05, 0.1) is 19.3 Å². The van der Waals surface area contributed by atoms with E-state index < -0.39 is 17.4 Å². The molecule has 1 aromatic carbocycles. The highest BCUT2D eigenvalue weighted by Crippen LogP contribution is 2.29. The van der Waals surface area contributed by atoms with Crippen LogP contribution in [0.4, 0.5) is 0 Å². The van der Waals surface area contributed by atoms with Gasteiger partial charge in [-0.1, -0.05) is 15.9 Å². The minimum absolute atomic E-state index is 0.105. The molecule has 6 heteroatoms. The van der Waals surface area contributed by atoms with Crippen molar-refractivity contribution in [2.45, 2.75) is 13.0 Å². The molecule has 1 aliphatic rings. The summed E-state index contributed by atoms with van der Waals surface area (Å²) in [6.45, 7) is 1.90. The fourth-order valence-corrected chi connectivity index (χ4v) is 2.19. The van der Waals surface area contributed by atoms with E-state index in [0.717, 1.165) is 4.47 Å². The van der Waals surface area contributed by atoms with Crippen LogP contribution in [0.25, 0.3) is 0 Å². The predicted molar refractivity (Wildman–Crippen MR) is 72.0 cm³/mol. The second-order valence-electron chi connectivity index (χ2n) is 4.77. The Morgan fingerprint density at radius 2 is 2.05 bits per heavy atom. The minimum atomic E-state index is -1.08. The molecule has 5 nitrogen and oxygen atoms in total. The van der Waals surface area contributed by atoms with E-state index in [1.165, 1.54) is 0 Å². The maximum atomic E-state index is 12.0. The molecule has 1 saturated heterocycles. The molecule has 2 N–H and O–H groups in total. The Bertz CT molecular complexity index is 502. The van der Waals surface area contributed by atoms with Crippen molar-refractivity contribution in [3.63, 3.8) is 0 Å². The highest BCUT2D eigenvalue weighted by atomic mass is 79.9. The summed E-state index contributed by atoms with van der Waals surface area (Å²) in [7, 11) is 0. The van der Waals surface area contributed by atoms with E-state index >= 15 is 0 Å². The van der Waals surface area contributed by atoms with Crippen LogP contribution in [0.15, 0.2) is 28.7 Å². The molecule has 0 saturated carbocycles. The Kier molecular flexibility index (Phi) is 3.91. The number of carboxylic acid groups (broad SMARTS) is 1. The van der Waals surface area contributed by atoms with Crippen LogP contribution in [0, 0.1) is 5.41 Å². The summed E-state index contributed by atoms with van der Waals surface area (Å²) in [6, 6.07) is 6.34. The average Bonchev–Trinajstić information content (AvgIpc) is 2.73. The van der Waals surface area contributed by atoms with Crippen molar-refractivity contribution in [1.29, 1.82) is 0 Å². The maximum Gasteiger partial charge on any atom is 0.313 e. The van der Waals surface area contributed by atoms with Crippen molar-refractivity contribution >= 4 is 27.8 Å². The smallest absolute Gasteiger partial charge is 0.313 e. The zero-order valence-electron chi connectivity index (χ0n) is 10.4. The van der Waals surface area contributed by atoms with E-state index in [1.807, 2.05) is 0 Å². The topological polar surface area (TPSA) is 75.6 Å². The highest BCUT2D eigenvalue weighted by molar-refractivity contribution is 9.10. The molecule has 1 fully saturated rings. The van der Waals surface area contributed by atoms with Crippen molar-refractivity contribution in [2.24, 2.45) is 5.41 Å². The van der Waals surface area contributed by atoms with Crippen LogP contribution in [0.1, 0.15) is 17.3 Å². The molecule has 2 atom stereocenters. The summed E-state index contributed by atoms with van der Waals surface area (Å²) in [5.41, 5.74) is -0.590. The van der Waals surface area contributed by atoms with Crippen molar-refractivity contribution in [2.75, 3.05) is 13.2 Å². The van der Waals surface area contributed by atoms with E-state index in [4.69, 9.17) is 4.74 Å². The highest BCUT2D eigenvalue weighted by Gasteiger charge is 2.47. The van der Waals surface area contributed by atoms with Gasteiger partial charge in [0.1, 0.15) is 5.41 Å². The number of benzene rings is 1. The number of ether oxygens (including phenoxy) is 1. The summed E-state index contributed by atoms with van der Waals surface area (Å²) >= 11 is 3.29. The fourth-order valence-electron chi connectivity index (χ4n) is 1.93. The SMILES string of the molecule is CC1(C(=O)O)COCC1NC(=O)c1ccc(Br)cc1. The number of halogens is 1. The van der Waals surface area contributed by atoms with Gasteiger partial charge >= 0.3 is 5.97 Å². The van der Waals surface area contributed by atoms with Crippen LogP contribution >= 0.6 is 15.9 Å². The fraction of sp³-hybridized carbons (Fsp3) is 0.385. The predicted octanol–water partition coefficient (Wildman–Crippen LogP) is 1.67.